The number of aliphatic carboxylic acids is 1. The zero-order valence-corrected chi connectivity index (χ0v) is 15.7. The van der Waals surface area contributed by atoms with E-state index in [1.165, 1.54) is 30.5 Å². The fourth-order valence-electron chi connectivity index (χ4n) is 2.58. The maximum Gasteiger partial charge on any atom is 0.416 e. The van der Waals surface area contributed by atoms with Crippen molar-refractivity contribution in [1.82, 2.24) is 29.3 Å². The molecule has 2 heterocycles. The molecule has 1 aromatic carbocycles. The van der Waals surface area contributed by atoms with Crippen LogP contribution in [0, 0.1) is 0 Å². The largest absolute Gasteiger partial charge is 0.480 e. The summed E-state index contributed by atoms with van der Waals surface area (Å²) in [5.74, 6) is -1.27. The number of benzene rings is 1. The number of hydrogen-bond acceptors (Lipinski definition) is 6. The van der Waals surface area contributed by atoms with Gasteiger partial charge >= 0.3 is 17.8 Å². The summed E-state index contributed by atoms with van der Waals surface area (Å²) in [5.41, 5.74) is -0.447. The van der Waals surface area contributed by atoms with Gasteiger partial charge in [0.2, 0.25) is 0 Å². The highest BCUT2D eigenvalue weighted by Gasteiger charge is 2.39. The van der Waals surface area contributed by atoms with E-state index >= 15 is 0 Å². The van der Waals surface area contributed by atoms with Gasteiger partial charge in [0.05, 0.1) is 19.3 Å². The molecule has 0 bridgehead atoms. The Morgan fingerprint density at radius 1 is 1.23 bits per heavy atom. The summed E-state index contributed by atoms with van der Waals surface area (Å²) >= 11 is 5.82. The molecule has 160 valence electrons. The smallest absolute Gasteiger partial charge is 0.416 e. The Kier molecular flexibility index (Phi) is 5.94. The summed E-state index contributed by atoms with van der Waals surface area (Å²) in [4.78, 5) is 23.4. The SMILES string of the molecule is O=C(O)Cn1cc(Cn2nc(-c3ccc(Cl)cc3)n(C[C@H](O)C(F)(F)F)c2=O)nn1. The number of carbonyl (C=O) groups is 1. The number of nitrogens with zero attached hydrogens (tertiary/aromatic N) is 6. The minimum atomic E-state index is -4.93. The molecule has 0 spiro atoms. The van der Waals surface area contributed by atoms with Gasteiger partial charge < -0.3 is 10.2 Å². The van der Waals surface area contributed by atoms with Crippen molar-refractivity contribution in [3.8, 4) is 11.4 Å². The Bertz CT molecular complexity index is 1110. The summed E-state index contributed by atoms with van der Waals surface area (Å²) in [7, 11) is 0. The number of carboxylic acid groups (broad SMARTS) is 1. The van der Waals surface area contributed by atoms with Crippen molar-refractivity contribution in [1.29, 1.82) is 0 Å². The van der Waals surface area contributed by atoms with Crippen molar-refractivity contribution in [2.24, 2.45) is 0 Å². The highest BCUT2D eigenvalue weighted by atomic mass is 35.5. The quantitative estimate of drug-likeness (QED) is 0.554. The van der Waals surface area contributed by atoms with E-state index < -0.39 is 37.0 Å². The summed E-state index contributed by atoms with van der Waals surface area (Å²) in [6, 6.07) is 5.88. The third-order valence-corrected chi connectivity index (χ3v) is 4.21. The van der Waals surface area contributed by atoms with Crippen LogP contribution in [0.2, 0.25) is 5.02 Å². The van der Waals surface area contributed by atoms with Crippen molar-refractivity contribution < 1.29 is 28.2 Å². The molecule has 0 saturated heterocycles. The van der Waals surface area contributed by atoms with Gasteiger partial charge in [0.1, 0.15) is 12.2 Å². The van der Waals surface area contributed by atoms with Gasteiger partial charge in [0, 0.05) is 10.6 Å². The topological polar surface area (TPSA) is 128 Å². The molecule has 0 aliphatic heterocycles. The second kappa shape index (κ2) is 8.28. The van der Waals surface area contributed by atoms with Crippen LogP contribution in [0.3, 0.4) is 0 Å². The van der Waals surface area contributed by atoms with Gasteiger partial charge in [-0.25, -0.2) is 14.2 Å². The summed E-state index contributed by atoms with van der Waals surface area (Å²) < 4.78 is 41.1. The van der Waals surface area contributed by atoms with Crippen molar-refractivity contribution in [2.75, 3.05) is 0 Å². The number of aromatic nitrogens is 6. The molecule has 0 aliphatic carbocycles. The summed E-state index contributed by atoms with van der Waals surface area (Å²) in [6.07, 6.45) is -6.44. The molecule has 0 aliphatic rings. The summed E-state index contributed by atoms with van der Waals surface area (Å²) in [5, 5.41) is 30.0. The van der Waals surface area contributed by atoms with E-state index in [0.29, 0.717) is 15.2 Å². The van der Waals surface area contributed by atoms with Crippen molar-refractivity contribution >= 4 is 17.6 Å². The van der Waals surface area contributed by atoms with Crippen LogP contribution in [0.1, 0.15) is 5.69 Å². The van der Waals surface area contributed by atoms with E-state index in [0.717, 1.165) is 9.36 Å². The molecule has 10 nitrogen and oxygen atoms in total. The first-order chi connectivity index (χ1) is 14.0. The molecule has 30 heavy (non-hydrogen) atoms. The average Bonchev–Trinajstić information content (AvgIpc) is 3.20. The van der Waals surface area contributed by atoms with Crippen LogP contribution in [0.25, 0.3) is 11.4 Å². The Hall–Kier alpha value is -3.19. The molecule has 0 saturated carbocycles. The van der Waals surface area contributed by atoms with Crippen molar-refractivity contribution in [3.63, 3.8) is 0 Å². The second-order valence-electron chi connectivity index (χ2n) is 6.24. The molecular formula is C16H14ClF3N6O4. The molecule has 2 N–H and O–H groups in total. The molecule has 3 aromatic rings. The van der Waals surface area contributed by atoms with E-state index in [1.807, 2.05) is 0 Å². The van der Waals surface area contributed by atoms with Crippen molar-refractivity contribution in [2.45, 2.75) is 31.9 Å². The van der Waals surface area contributed by atoms with Crippen LogP contribution < -0.4 is 5.69 Å². The fourth-order valence-corrected chi connectivity index (χ4v) is 2.70. The van der Waals surface area contributed by atoms with Gasteiger partial charge in [0.25, 0.3) is 0 Å². The number of aliphatic hydroxyl groups is 1. The Morgan fingerprint density at radius 3 is 2.50 bits per heavy atom. The highest BCUT2D eigenvalue weighted by molar-refractivity contribution is 6.30. The number of hydrogen-bond donors (Lipinski definition) is 2. The Balaban J connectivity index is 1.99. The minimum Gasteiger partial charge on any atom is -0.480 e. The maximum absolute atomic E-state index is 12.8. The first kappa shape index (κ1) is 21.5. The van der Waals surface area contributed by atoms with E-state index in [1.54, 1.807) is 0 Å². The van der Waals surface area contributed by atoms with Crippen LogP contribution in [0.15, 0.2) is 35.3 Å². The molecule has 0 unspecified atom stereocenters. The molecular weight excluding hydrogens is 433 g/mol. The lowest BCUT2D eigenvalue weighted by Crippen LogP contribution is -2.37. The predicted molar refractivity (Wildman–Crippen MR) is 95.8 cm³/mol. The summed E-state index contributed by atoms with van der Waals surface area (Å²) in [6.45, 7) is -1.79. The third kappa shape index (κ3) is 4.86. The lowest BCUT2D eigenvalue weighted by atomic mass is 10.2. The Morgan fingerprint density at radius 2 is 1.90 bits per heavy atom. The van der Waals surface area contributed by atoms with Crippen LogP contribution in [-0.2, 0) is 24.4 Å². The fraction of sp³-hybridized carbons (Fsp3) is 0.312. The van der Waals surface area contributed by atoms with E-state index in [-0.39, 0.29) is 18.1 Å². The molecule has 14 heteroatoms. The molecule has 0 amide bonds. The van der Waals surface area contributed by atoms with Gasteiger partial charge in [-0.05, 0) is 24.3 Å². The van der Waals surface area contributed by atoms with Crippen molar-refractivity contribution in [3.05, 3.63) is 51.7 Å². The van der Waals surface area contributed by atoms with E-state index in [4.69, 9.17) is 16.7 Å². The van der Waals surface area contributed by atoms with Gasteiger partial charge in [-0.1, -0.05) is 16.8 Å². The molecule has 0 radical (unpaired) electrons. The number of alkyl halides is 3. The van der Waals surface area contributed by atoms with Crippen LogP contribution >= 0.6 is 11.6 Å². The zero-order valence-electron chi connectivity index (χ0n) is 15.0. The monoisotopic (exact) mass is 446 g/mol. The maximum atomic E-state index is 12.8. The van der Waals surface area contributed by atoms with Gasteiger partial charge in [-0.3, -0.25) is 9.36 Å². The van der Waals surface area contributed by atoms with E-state index in [9.17, 15) is 27.9 Å². The molecule has 2 aromatic heterocycles. The van der Waals surface area contributed by atoms with Gasteiger partial charge in [-0.2, -0.15) is 13.2 Å². The highest BCUT2D eigenvalue weighted by Crippen LogP contribution is 2.24. The standard InChI is InChI=1S/C16H14ClF3N6O4/c17-10-3-1-9(2-4-10)14-22-26(6-11-5-24(23-21-11)8-13(28)29)15(30)25(14)7-12(27)16(18,19)20/h1-5,12,27H,6-8H2,(H,28,29)/t12-/m0/s1. The Labute approximate surface area is 170 Å². The molecule has 0 fully saturated rings. The first-order valence-corrected chi connectivity index (χ1v) is 8.71. The van der Waals surface area contributed by atoms with Crippen LogP contribution in [0.5, 0.6) is 0 Å². The lowest BCUT2D eigenvalue weighted by Gasteiger charge is -2.15. The van der Waals surface area contributed by atoms with Crippen LogP contribution in [0.4, 0.5) is 13.2 Å². The number of aliphatic hydroxyl groups excluding tert-OH is 1. The molecule has 3 rings (SSSR count). The predicted octanol–water partition coefficient (Wildman–Crippen LogP) is 1.01. The second-order valence-corrected chi connectivity index (χ2v) is 6.68. The van der Waals surface area contributed by atoms with Crippen LogP contribution in [-0.4, -0.2) is 57.8 Å². The molecule has 1 atom stereocenters. The van der Waals surface area contributed by atoms with Gasteiger partial charge in [-0.15, -0.1) is 10.2 Å². The zero-order chi connectivity index (χ0) is 22.1. The average molecular weight is 447 g/mol. The van der Waals surface area contributed by atoms with E-state index in [2.05, 4.69) is 15.4 Å². The number of carboxylic acids is 1. The normalized spacial score (nSPS) is 12.8. The number of rotatable bonds is 7. The third-order valence-electron chi connectivity index (χ3n) is 3.95. The first-order valence-electron chi connectivity index (χ1n) is 8.33. The van der Waals surface area contributed by atoms with Gasteiger partial charge in [0.15, 0.2) is 11.9 Å². The lowest BCUT2D eigenvalue weighted by molar-refractivity contribution is -0.207. The number of halogens is 4. The minimum absolute atomic E-state index is 0.113.